The molecular weight excluding hydrogens is 250 g/mol. The van der Waals surface area contributed by atoms with Crippen LogP contribution < -0.4 is 0 Å². The van der Waals surface area contributed by atoms with Gasteiger partial charge in [0.05, 0.1) is 18.4 Å². The molecule has 1 aromatic rings. The Hall–Kier alpha value is -1.35. The maximum absolute atomic E-state index is 8.72. The van der Waals surface area contributed by atoms with Gasteiger partial charge < -0.3 is 9.94 Å². The fourth-order valence-electron chi connectivity index (χ4n) is 2.51. The van der Waals surface area contributed by atoms with Gasteiger partial charge in [-0.25, -0.2) is 0 Å². The number of benzene rings is 1. The molecule has 1 fully saturated rings. The maximum Gasteiger partial charge on any atom is 0.0720 e. The molecule has 0 amide bonds. The molecule has 3 heteroatoms. The molecule has 1 N–H and O–H groups in total. The Kier molecular flexibility index (Phi) is 4.81. The summed E-state index contributed by atoms with van der Waals surface area (Å²) in [4.78, 5) is 0. The number of hydrogen-bond donors (Lipinski definition) is 1. The highest BCUT2D eigenvalue weighted by Crippen LogP contribution is 2.23. The summed E-state index contributed by atoms with van der Waals surface area (Å²) < 4.78 is 5.95. The van der Waals surface area contributed by atoms with E-state index in [2.05, 4.69) is 50.2 Å². The molecule has 1 aromatic carbocycles. The molecule has 110 valence electrons. The van der Waals surface area contributed by atoms with Gasteiger partial charge in [-0.1, -0.05) is 50.2 Å². The van der Waals surface area contributed by atoms with Crippen LogP contribution in [-0.2, 0) is 16.8 Å². The van der Waals surface area contributed by atoms with E-state index in [0.717, 1.165) is 31.4 Å². The lowest BCUT2D eigenvalue weighted by Gasteiger charge is -2.23. The summed E-state index contributed by atoms with van der Waals surface area (Å²) >= 11 is 0. The van der Waals surface area contributed by atoms with E-state index in [1.807, 2.05) is 0 Å². The van der Waals surface area contributed by atoms with Gasteiger partial charge >= 0.3 is 0 Å². The zero-order chi connectivity index (χ0) is 14.6. The Morgan fingerprint density at radius 2 is 1.75 bits per heavy atom. The quantitative estimate of drug-likeness (QED) is 0.661. The van der Waals surface area contributed by atoms with Gasteiger partial charge in [-0.05, 0) is 42.2 Å². The van der Waals surface area contributed by atoms with Crippen molar-refractivity contribution in [1.82, 2.24) is 0 Å². The number of ether oxygens (including phenoxy) is 1. The Morgan fingerprint density at radius 1 is 1.15 bits per heavy atom. The second-order valence-corrected chi connectivity index (χ2v) is 6.62. The molecule has 1 aliphatic rings. The highest BCUT2D eigenvalue weighted by molar-refractivity contribution is 5.84. The minimum Gasteiger partial charge on any atom is -0.411 e. The van der Waals surface area contributed by atoms with Crippen molar-refractivity contribution < 1.29 is 9.94 Å². The third-order valence-electron chi connectivity index (χ3n) is 3.96. The average molecular weight is 275 g/mol. The van der Waals surface area contributed by atoms with Crippen molar-refractivity contribution in [1.29, 1.82) is 0 Å². The van der Waals surface area contributed by atoms with Crippen molar-refractivity contribution in [3.05, 3.63) is 35.4 Å². The van der Waals surface area contributed by atoms with E-state index in [4.69, 9.17) is 9.94 Å². The van der Waals surface area contributed by atoms with E-state index in [1.165, 1.54) is 11.1 Å². The molecule has 1 saturated carbocycles. The van der Waals surface area contributed by atoms with Crippen LogP contribution in [0.5, 0.6) is 0 Å². The molecule has 2 rings (SSSR count). The normalized spacial score (nSPS) is 19.9. The standard InChI is InChI=1S/C17H25NO2/c1-17(2,3)14-6-4-13(5-7-14)12-20-16-10-8-15(18-19)9-11-16/h4-7,16,19H,8-12H2,1-3H3. The van der Waals surface area contributed by atoms with Gasteiger partial charge in [0.2, 0.25) is 0 Å². The predicted octanol–water partition coefficient (Wildman–Crippen LogP) is 4.27. The second kappa shape index (κ2) is 6.40. The first-order valence-corrected chi connectivity index (χ1v) is 7.40. The lowest BCUT2D eigenvalue weighted by atomic mass is 9.87. The van der Waals surface area contributed by atoms with Crippen LogP contribution in [0.2, 0.25) is 0 Å². The summed E-state index contributed by atoms with van der Waals surface area (Å²) in [5, 5.41) is 12.0. The Balaban J connectivity index is 1.83. The fraction of sp³-hybridized carbons (Fsp3) is 0.588. The van der Waals surface area contributed by atoms with E-state index in [0.29, 0.717) is 12.7 Å². The van der Waals surface area contributed by atoms with Crippen molar-refractivity contribution in [2.45, 2.75) is 64.6 Å². The van der Waals surface area contributed by atoms with E-state index in [9.17, 15) is 0 Å². The summed E-state index contributed by atoms with van der Waals surface area (Å²) in [6.45, 7) is 7.34. The molecule has 1 aliphatic carbocycles. The van der Waals surface area contributed by atoms with Crippen LogP contribution in [0.4, 0.5) is 0 Å². The first-order chi connectivity index (χ1) is 9.49. The Morgan fingerprint density at radius 3 is 2.25 bits per heavy atom. The summed E-state index contributed by atoms with van der Waals surface area (Å²) in [7, 11) is 0. The van der Waals surface area contributed by atoms with Gasteiger partial charge in [-0.2, -0.15) is 0 Å². The molecular formula is C17H25NO2. The van der Waals surface area contributed by atoms with Gasteiger partial charge in [-0.3, -0.25) is 0 Å². The SMILES string of the molecule is CC(C)(C)c1ccc(COC2CCC(=NO)CC2)cc1. The van der Waals surface area contributed by atoms with E-state index in [-0.39, 0.29) is 5.41 Å². The van der Waals surface area contributed by atoms with Gasteiger partial charge in [0.15, 0.2) is 0 Å². The van der Waals surface area contributed by atoms with Crippen molar-refractivity contribution >= 4 is 5.71 Å². The zero-order valence-corrected chi connectivity index (χ0v) is 12.7. The molecule has 0 aromatic heterocycles. The van der Waals surface area contributed by atoms with E-state index < -0.39 is 0 Å². The maximum atomic E-state index is 8.72. The number of rotatable bonds is 3. The Labute approximate surface area is 121 Å². The van der Waals surface area contributed by atoms with Crippen LogP contribution in [0, 0.1) is 0 Å². The van der Waals surface area contributed by atoms with Crippen LogP contribution >= 0.6 is 0 Å². The molecule has 3 nitrogen and oxygen atoms in total. The number of hydrogen-bond acceptors (Lipinski definition) is 3. The van der Waals surface area contributed by atoms with E-state index in [1.54, 1.807) is 0 Å². The topological polar surface area (TPSA) is 41.8 Å². The zero-order valence-electron chi connectivity index (χ0n) is 12.7. The first-order valence-electron chi connectivity index (χ1n) is 7.40. The minimum atomic E-state index is 0.197. The van der Waals surface area contributed by atoms with Crippen LogP contribution in [0.25, 0.3) is 0 Å². The summed E-state index contributed by atoms with van der Waals surface area (Å²) in [5.74, 6) is 0. The molecule has 0 heterocycles. The molecule has 0 bridgehead atoms. The van der Waals surface area contributed by atoms with Gasteiger partial charge in [0.1, 0.15) is 0 Å². The molecule has 0 spiro atoms. The van der Waals surface area contributed by atoms with Crippen LogP contribution in [0.3, 0.4) is 0 Å². The third kappa shape index (κ3) is 4.07. The monoisotopic (exact) mass is 275 g/mol. The molecule has 0 saturated heterocycles. The predicted molar refractivity (Wildman–Crippen MR) is 81.4 cm³/mol. The van der Waals surface area contributed by atoms with Crippen LogP contribution in [0.15, 0.2) is 29.4 Å². The smallest absolute Gasteiger partial charge is 0.0720 e. The highest BCUT2D eigenvalue weighted by atomic mass is 16.5. The molecule has 0 atom stereocenters. The number of nitrogens with zero attached hydrogens (tertiary/aromatic N) is 1. The van der Waals surface area contributed by atoms with Crippen molar-refractivity contribution in [3.63, 3.8) is 0 Å². The van der Waals surface area contributed by atoms with Crippen LogP contribution in [-0.4, -0.2) is 17.0 Å². The van der Waals surface area contributed by atoms with Crippen molar-refractivity contribution in [2.75, 3.05) is 0 Å². The van der Waals surface area contributed by atoms with Gasteiger partial charge in [0, 0.05) is 0 Å². The fourth-order valence-corrected chi connectivity index (χ4v) is 2.51. The lowest BCUT2D eigenvalue weighted by Crippen LogP contribution is -2.21. The summed E-state index contributed by atoms with van der Waals surface area (Å²) in [6, 6.07) is 8.69. The summed E-state index contributed by atoms with van der Waals surface area (Å²) in [5.41, 5.74) is 3.67. The van der Waals surface area contributed by atoms with E-state index >= 15 is 0 Å². The molecule has 0 aliphatic heterocycles. The highest BCUT2D eigenvalue weighted by Gasteiger charge is 2.18. The third-order valence-corrected chi connectivity index (χ3v) is 3.96. The van der Waals surface area contributed by atoms with Crippen LogP contribution in [0.1, 0.15) is 57.6 Å². The summed E-state index contributed by atoms with van der Waals surface area (Å²) in [6.07, 6.45) is 3.91. The van der Waals surface area contributed by atoms with Gasteiger partial charge in [-0.15, -0.1) is 0 Å². The molecule has 20 heavy (non-hydrogen) atoms. The lowest BCUT2D eigenvalue weighted by molar-refractivity contribution is 0.0277. The first kappa shape index (κ1) is 15.0. The van der Waals surface area contributed by atoms with Crippen molar-refractivity contribution in [3.8, 4) is 0 Å². The number of oxime groups is 1. The van der Waals surface area contributed by atoms with Crippen molar-refractivity contribution in [2.24, 2.45) is 5.16 Å². The minimum absolute atomic E-state index is 0.197. The Bertz CT molecular complexity index is 447. The average Bonchev–Trinajstić information content (AvgIpc) is 2.45. The van der Waals surface area contributed by atoms with Gasteiger partial charge in [0.25, 0.3) is 0 Å². The molecule has 0 radical (unpaired) electrons. The second-order valence-electron chi connectivity index (χ2n) is 6.62. The largest absolute Gasteiger partial charge is 0.411 e. The molecule has 0 unspecified atom stereocenters.